The van der Waals surface area contributed by atoms with Crippen LogP contribution in [0.5, 0.6) is 0 Å². The van der Waals surface area contributed by atoms with E-state index < -0.39 is 0 Å². The van der Waals surface area contributed by atoms with Crippen molar-refractivity contribution in [2.45, 2.75) is 54.4 Å². The normalized spacial score (nSPS) is 17.0. The Bertz CT molecular complexity index is 417. The molecule has 0 amide bonds. The largest absolute Gasteiger partial charge is 0.362 e. The molecule has 0 atom stereocenters. The Hall–Kier alpha value is -1.38. The molecule has 0 bridgehead atoms. The Morgan fingerprint density at radius 1 is 1.00 bits per heavy atom. The van der Waals surface area contributed by atoms with E-state index in [1.54, 1.807) is 0 Å². The molecule has 1 heterocycles. The first-order valence-electron chi connectivity index (χ1n) is 7.09. The molecular weight excluding hydrogens is 238 g/mol. The van der Waals surface area contributed by atoms with E-state index in [0.29, 0.717) is 12.8 Å². The number of rotatable bonds is 5. The Balaban J connectivity index is 3.37. The molecule has 0 unspecified atom stereocenters. The lowest BCUT2D eigenvalue weighted by Gasteiger charge is -2.33. The number of hydrogen-bond donors (Lipinski definition) is 1. The highest BCUT2D eigenvalue weighted by molar-refractivity contribution is 6.03. The summed E-state index contributed by atoms with van der Waals surface area (Å²) in [4.78, 5) is 24.4. The standard InChI is InChI=1S/C16H25NO2/c1-7-12(18)15-10(5)17-11(6)16(13(19)8-2)14(15)9(3)4/h9,14,17H,7-8H2,1-6H3. The minimum absolute atomic E-state index is 0.0684. The first-order chi connectivity index (χ1) is 8.84. The molecule has 0 aromatic rings. The Labute approximate surface area is 116 Å². The molecule has 1 aliphatic rings. The summed E-state index contributed by atoms with van der Waals surface area (Å²) < 4.78 is 0. The van der Waals surface area contributed by atoms with E-state index in [4.69, 9.17) is 0 Å². The number of nitrogens with one attached hydrogen (secondary N) is 1. The second kappa shape index (κ2) is 6.18. The molecule has 0 fully saturated rings. The van der Waals surface area contributed by atoms with Crippen molar-refractivity contribution in [2.75, 3.05) is 0 Å². The van der Waals surface area contributed by atoms with Crippen molar-refractivity contribution in [2.24, 2.45) is 11.8 Å². The van der Waals surface area contributed by atoms with Gasteiger partial charge in [-0.2, -0.15) is 0 Å². The molecule has 1 rings (SSSR count). The fourth-order valence-electron chi connectivity index (χ4n) is 2.84. The van der Waals surface area contributed by atoms with Crippen LogP contribution in [0.1, 0.15) is 54.4 Å². The Kier molecular flexibility index (Phi) is 5.10. The molecule has 0 aromatic heterocycles. The summed E-state index contributed by atoms with van der Waals surface area (Å²) >= 11 is 0. The molecule has 3 nitrogen and oxygen atoms in total. The summed E-state index contributed by atoms with van der Waals surface area (Å²) in [6, 6.07) is 0. The van der Waals surface area contributed by atoms with Gasteiger partial charge in [0.15, 0.2) is 11.6 Å². The maximum absolute atomic E-state index is 12.2. The zero-order valence-corrected chi connectivity index (χ0v) is 12.9. The summed E-state index contributed by atoms with van der Waals surface area (Å²) in [7, 11) is 0. The van der Waals surface area contributed by atoms with E-state index in [1.807, 2.05) is 27.7 Å². The third-order valence-electron chi connectivity index (χ3n) is 3.71. The van der Waals surface area contributed by atoms with Crippen LogP contribution in [0.3, 0.4) is 0 Å². The summed E-state index contributed by atoms with van der Waals surface area (Å²) in [6.07, 6.45) is 0.953. The van der Waals surface area contributed by atoms with Crippen molar-refractivity contribution in [3.8, 4) is 0 Å². The lowest BCUT2D eigenvalue weighted by atomic mass is 9.74. The zero-order valence-electron chi connectivity index (χ0n) is 12.9. The first kappa shape index (κ1) is 15.7. The van der Waals surface area contributed by atoms with Crippen molar-refractivity contribution in [3.05, 3.63) is 22.5 Å². The molecule has 19 heavy (non-hydrogen) atoms. The van der Waals surface area contributed by atoms with Gasteiger partial charge in [0.25, 0.3) is 0 Å². The van der Waals surface area contributed by atoms with Gasteiger partial charge in [-0.3, -0.25) is 9.59 Å². The van der Waals surface area contributed by atoms with Gasteiger partial charge < -0.3 is 5.32 Å². The van der Waals surface area contributed by atoms with E-state index in [0.717, 1.165) is 22.5 Å². The van der Waals surface area contributed by atoms with Crippen molar-refractivity contribution >= 4 is 11.6 Å². The second-order valence-electron chi connectivity index (χ2n) is 5.48. The number of Topliss-reactive ketones (excluding diaryl/α,β-unsaturated/α-hetero) is 2. The van der Waals surface area contributed by atoms with E-state index in [1.165, 1.54) is 0 Å². The average Bonchev–Trinajstić information content (AvgIpc) is 2.36. The number of carbonyl (C=O) groups is 2. The SMILES string of the molecule is CCC(=O)C1=C(C)NC(C)=C(C(=O)CC)C1C(C)C. The Morgan fingerprint density at radius 3 is 1.63 bits per heavy atom. The van der Waals surface area contributed by atoms with Gasteiger partial charge in [0.2, 0.25) is 0 Å². The topological polar surface area (TPSA) is 46.2 Å². The van der Waals surface area contributed by atoms with Crippen LogP contribution < -0.4 is 5.32 Å². The minimum atomic E-state index is -0.0684. The lowest BCUT2D eigenvalue weighted by molar-refractivity contribution is -0.116. The van der Waals surface area contributed by atoms with Crippen molar-refractivity contribution in [3.63, 3.8) is 0 Å². The van der Waals surface area contributed by atoms with Gasteiger partial charge >= 0.3 is 0 Å². The quantitative estimate of drug-likeness (QED) is 0.827. The third-order valence-corrected chi connectivity index (χ3v) is 3.71. The van der Waals surface area contributed by atoms with Gasteiger partial charge in [-0.1, -0.05) is 27.7 Å². The van der Waals surface area contributed by atoms with Gasteiger partial charge in [0.1, 0.15) is 0 Å². The van der Waals surface area contributed by atoms with Crippen LogP contribution >= 0.6 is 0 Å². The fourth-order valence-corrected chi connectivity index (χ4v) is 2.84. The lowest BCUT2D eigenvalue weighted by Crippen LogP contribution is -2.34. The number of ketones is 2. The molecule has 106 valence electrons. The zero-order chi connectivity index (χ0) is 14.7. The van der Waals surface area contributed by atoms with Gasteiger partial charge in [-0.05, 0) is 19.8 Å². The van der Waals surface area contributed by atoms with Crippen molar-refractivity contribution < 1.29 is 9.59 Å². The van der Waals surface area contributed by atoms with E-state index in [-0.39, 0.29) is 23.4 Å². The smallest absolute Gasteiger partial charge is 0.160 e. The van der Waals surface area contributed by atoms with Crippen LogP contribution in [0, 0.1) is 11.8 Å². The summed E-state index contributed by atoms with van der Waals surface area (Å²) in [5.41, 5.74) is 3.38. The van der Waals surface area contributed by atoms with Crippen LogP contribution in [0.4, 0.5) is 0 Å². The van der Waals surface area contributed by atoms with Crippen LogP contribution in [-0.2, 0) is 9.59 Å². The number of hydrogen-bond acceptors (Lipinski definition) is 3. The molecule has 1 N–H and O–H groups in total. The maximum atomic E-state index is 12.2. The second-order valence-corrected chi connectivity index (χ2v) is 5.48. The van der Waals surface area contributed by atoms with E-state index in [9.17, 15) is 9.59 Å². The maximum Gasteiger partial charge on any atom is 0.160 e. The van der Waals surface area contributed by atoms with Crippen molar-refractivity contribution in [1.82, 2.24) is 5.32 Å². The predicted octanol–water partition coefficient (Wildman–Crippen LogP) is 3.37. The molecular formula is C16H25NO2. The molecule has 0 saturated heterocycles. The molecule has 0 aromatic carbocycles. The fraction of sp³-hybridized carbons (Fsp3) is 0.625. The van der Waals surface area contributed by atoms with Crippen LogP contribution in [-0.4, -0.2) is 11.6 Å². The summed E-state index contributed by atoms with van der Waals surface area (Å²) in [5.74, 6) is 0.444. The molecule has 3 heteroatoms. The van der Waals surface area contributed by atoms with Crippen LogP contribution in [0.2, 0.25) is 0 Å². The number of dihydropyridines is 1. The van der Waals surface area contributed by atoms with Crippen LogP contribution in [0.25, 0.3) is 0 Å². The highest BCUT2D eigenvalue weighted by atomic mass is 16.1. The van der Waals surface area contributed by atoms with E-state index >= 15 is 0 Å². The van der Waals surface area contributed by atoms with Gasteiger partial charge in [0.05, 0.1) is 0 Å². The molecule has 0 aliphatic carbocycles. The monoisotopic (exact) mass is 263 g/mol. The number of carbonyl (C=O) groups excluding carboxylic acids is 2. The molecule has 1 aliphatic heterocycles. The number of allylic oxidation sites excluding steroid dienone is 4. The molecule has 0 radical (unpaired) electrons. The minimum Gasteiger partial charge on any atom is -0.362 e. The summed E-state index contributed by atoms with van der Waals surface area (Å²) in [6.45, 7) is 11.7. The average molecular weight is 263 g/mol. The predicted molar refractivity (Wildman–Crippen MR) is 77.5 cm³/mol. The molecule has 0 spiro atoms. The highest BCUT2D eigenvalue weighted by Gasteiger charge is 2.35. The van der Waals surface area contributed by atoms with Gasteiger partial charge in [-0.15, -0.1) is 0 Å². The summed E-state index contributed by atoms with van der Waals surface area (Å²) in [5, 5.41) is 3.21. The van der Waals surface area contributed by atoms with Crippen LogP contribution in [0.15, 0.2) is 22.5 Å². The first-order valence-corrected chi connectivity index (χ1v) is 7.09. The van der Waals surface area contributed by atoms with E-state index in [2.05, 4.69) is 19.2 Å². The Morgan fingerprint density at radius 2 is 1.37 bits per heavy atom. The highest BCUT2D eigenvalue weighted by Crippen LogP contribution is 2.36. The molecule has 0 saturated carbocycles. The van der Waals surface area contributed by atoms with Gasteiger partial charge in [0, 0.05) is 41.3 Å². The van der Waals surface area contributed by atoms with Crippen molar-refractivity contribution in [1.29, 1.82) is 0 Å². The van der Waals surface area contributed by atoms with Gasteiger partial charge in [-0.25, -0.2) is 0 Å². The third kappa shape index (κ3) is 2.96.